The van der Waals surface area contributed by atoms with Crippen LogP contribution in [0.4, 0.5) is 4.39 Å². The lowest BCUT2D eigenvalue weighted by Crippen LogP contribution is -1.86. The number of thioether (sulfide) groups is 1. The van der Waals surface area contributed by atoms with E-state index in [0.717, 1.165) is 0 Å². The van der Waals surface area contributed by atoms with E-state index in [-0.39, 0.29) is 10.1 Å². The molecule has 1 rings (SSSR count). The van der Waals surface area contributed by atoms with Crippen LogP contribution < -0.4 is 0 Å². The molecule has 0 fully saturated rings. The number of carbonyl (C=O) groups is 1. The van der Waals surface area contributed by atoms with E-state index in [4.69, 9.17) is 11.6 Å². The summed E-state index contributed by atoms with van der Waals surface area (Å²) in [6.07, 6.45) is 0.552. The molecule has 1 nitrogen and oxygen atoms in total. The van der Waals surface area contributed by atoms with E-state index in [1.807, 2.05) is 0 Å². The molecule has 0 radical (unpaired) electrons. The van der Waals surface area contributed by atoms with Gasteiger partial charge < -0.3 is 0 Å². The van der Waals surface area contributed by atoms with Gasteiger partial charge in [0.05, 0.1) is 10.6 Å². The molecule has 0 N–H and O–H groups in total. The van der Waals surface area contributed by atoms with E-state index in [0.29, 0.717) is 17.7 Å². The molecule has 1 aromatic rings. The Kier molecular flexibility index (Phi) is 5.37. The third-order valence-corrected chi connectivity index (χ3v) is 2.81. The van der Waals surface area contributed by atoms with Crippen LogP contribution in [0.5, 0.6) is 0 Å². The normalized spacial score (nSPS) is 9.44. The molecule has 0 aliphatic heterocycles. The first-order valence-electron chi connectivity index (χ1n) is 4.67. The first kappa shape index (κ1) is 13.1. The minimum Gasteiger partial charge on any atom is -0.288 e. The summed E-state index contributed by atoms with van der Waals surface area (Å²) in [5.41, 5.74) is 0.292. The molecular formula is C12H10ClFOS. The summed E-state index contributed by atoms with van der Waals surface area (Å²) in [4.78, 5) is 10.6. The molecule has 0 amide bonds. The zero-order valence-corrected chi connectivity index (χ0v) is 10.3. The Morgan fingerprint density at radius 3 is 3.00 bits per heavy atom. The number of rotatable bonds is 2. The second-order valence-corrected chi connectivity index (χ2v) is 4.67. The van der Waals surface area contributed by atoms with E-state index in [9.17, 15) is 9.18 Å². The van der Waals surface area contributed by atoms with Crippen LogP contribution in [0.25, 0.3) is 0 Å². The lowest BCUT2D eigenvalue weighted by atomic mass is 10.2. The summed E-state index contributed by atoms with van der Waals surface area (Å²) in [6, 6.07) is 4.71. The molecule has 0 spiro atoms. The summed E-state index contributed by atoms with van der Waals surface area (Å²) in [6.45, 7) is 1.51. The fourth-order valence-corrected chi connectivity index (χ4v) is 1.67. The predicted molar refractivity (Wildman–Crippen MR) is 66.0 cm³/mol. The largest absolute Gasteiger partial charge is 0.288 e. The topological polar surface area (TPSA) is 17.1 Å². The van der Waals surface area contributed by atoms with Crippen molar-refractivity contribution < 1.29 is 9.18 Å². The zero-order valence-electron chi connectivity index (χ0n) is 8.72. The number of benzene rings is 1. The summed E-state index contributed by atoms with van der Waals surface area (Å²) >= 11 is 6.82. The molecule has 0 heterocycles. The van der Waals surface area contributed by atoms with Crippen molar-refractivity contribution in [1.29, 1.82) is 0 Å². The average molecular weight is 257 g/mol. The maximum Gasteiger partial charge on any atom is 0.185 e. The first-order valence-corrected chi connectivity index (χ1v) is 6.04. The minimum atomic E-state index is -0.490. The highest BCUT2D eigenvalue weighted by Gasteiger charge is 2.02. The van der Waals surface area contributed by atoms with Gasteiger partial charge in [-0.25, -0.2) is 4.39 Å². The molecule has 0 bridgehead atoms. The Labute approximate surface area is 103 Å². The number of halogens is 2. The van der Waals surface area contributed by atoms with Crippen LogP contribution in [0.15, 0.2) is 18.2 Å². The summed E-state index contributed by atoms with van der Waals surface area (Å²) in [5, 5.41) is 0.139. The predicted octanol–water partition coefficient (Wildman–Crippen LogP) is 3.50. The van der Waals surface area contributed by atoms with E-state index in [1.54, 1.807) is 12.1 Å². The third-order valence-electron chi connectivity index (χ3n) is 1.71. The van der Waals surface area contributed by atoms with Gasteiger partial charge in [-0.15, -0.1) is 0 Å². The summed E-state index contributed by atoms with van der Waals surface area (Å²) in [7, 11) is 0. The van der Waals surface area contributed by atoms with Crippen molar-refractivity contribution in [2.45, 2.75) is 13.3 Å². The molecule has 84 valence electrons. The Morgan fingerprint density at radius 1 is 1.56 bits per heavy atom. The van der Waals surface area contributed by atoms with Gasteiger partial charge in [0.25, 0.3) is 0 Å². The van der Waals surface area contributed by atoms with E-state index >= 15 is 0 Å². The maximum absolute atomic E-state index is 13.3. The average Bonchev–Trinajstić information content (AvgIpc) is 2.23. The van der Waals surface area contributed by atoms with Crippen molar-refractivity contribution in [1.82, 2.24) is 0 Å². The third kappa shape index (κ3) is 4.26. The Morgan fingerprint density at radius 2 is 2.31 bits per heavy atom. The van der Waals surface area contributed by atoms with Crippen molar-refractivity contribution >= 4 is 28.5 Å². The van der Waals surface area contributed by atoms with Crippen LogP contribution >= 0.6 is 23.4 Å². The highest BCUT2D eigenvalue weighted by atomic mass is 35.5. The van der Waals surface area contributed by atoms with E-state index in [2.05, 4.69) is 11.8 Å². The van der Waals surface area contributed by atoms with Gasteiger partial charge >= 0.3 is 0 Å². The highest BCUT2D eigenvalue weighted by molar-refractivity contribution is 8.13. The molecule has 16 heavy (non-hydrogen) atoms. The van der Waals surface area contributed by atoms with Gasteiger partial charge in [0, 0.05) is 19.1 Å². The van der Waals surface area contributed by atoms with Crippen molar-refractivity contribution in [2.24, 2.45) is 0 Å². The Hall–Kier alpha value is -0.980. The molecular weight excluding hydrogens is 247 g/mol. The van der Waals surface area contributed by atoms with Crippen molar-refractivity contribution in [3.05, 3.63) is 34.6 Å². The number of hydrogen-bond donors (Lipinski definition) is 0. The molecule has 0 aliphatic rings. The van der Waals surface area contributed by atoms with Crippen LogP contribution in [-0.2, 0) is 4.79 Å². The van der Waals surface area contributed by atoms with Gasteiger partial charge in [-0.1, -0.05) is 41.3 Å². The van der Waals surface area contributed by atoms with Crippen molar-refractivity contribution in [3.8, 4) is 11.8 Å². The number of carbonyl (C=O) groups excluding carboxylic acids is 1. The molecule has 0 aliphatic carbocycles. The maximum atomic E-state index is 13.3. The fraction of sp³-hybridized carbons (Fsp3) is 0.250. The van der Waals surface area contributed by atoms with Crippen LogP contribution in [0.2, 0.25) is 5.02 Å². The van der Waals surface area contributed by atoms with Crippen LogP contribution in [0, 0.1) is 17.7 Å². The van der Waals surface area contributed by atoms with E-state index < -0.39 is 5.82 Å². The SMILES string of the molecule is CC(=O)SCCC#Cc1cccc(Cl)c1F. The number of hydrogen-bond acceptors (Lipinski definition) is 2. The zero-order chi connectivity index (χ0) is 12.0. The van der Waals surface area contributed by atoms with Crippen LogP contribution in [0.3, 0.4) is 0 Å². The molecule has 1 aromatic carbocycles. The molecule has 4 heteroatoms. The minimum absolute atomic E-state index is 0.0655. The molecule has 0 aromatic heterocycles. The van der Waals surface area contributed by atoms with Gasteiger partial charge in [-0.3, -0.25) is 4.79 Å². The lowest BCUT2D eigenvalue weighted by Gasteiger charge is -1.95. The Balaban J connectivity index is 2.56. The highest BCUT2D eigenvalue weighted by Crippen LogP contribution is 2.16. The summed E-state index contributed by atoms with van der Waals surface area (Å²) < 4.78 is 13.3. The molecule has 0 atom stereocenters. The monoisotopic (exact) mass is 256 g/mol. The van der Waals surface area contributed by atoms with Crippen molar-refractivity contribution in [3.63, 3.8) is 0 Å². The standard InChI is InChI=1S/C12H10ClFOS/c1-9(15)16-8-3-2-5-10-6-4-7-11(13)12(10)14/h4,6-7H,3,8H2,1H3. The molecule has 0 saturated carbocycles. The molecule has 0 unspecified atom stereocenters. The van der Waals surface area contributed by atoms with Gasteiger partial charge in [0.2, 0.25) is 0 Å². The summed E-state index contributed by atoms with van der Waals surface area (Å²) in [5.74, 6) is 5.64. The second-order valence-electron chi connectivity index (χ2n) is 2.99. The fourth-order valence-electron chi connectivity index (χ4n) is 1.00. The second kappa shape index (κ2) is 6.57. The van der Waals surface area contributed by atoms with Gasteiger partial charge in [0.1, 0.15) is 0 Å². The smallest absolute Gasteiger partial charge is 0.185 e. The van der Waals surface area contributed by atoms with Gasteiger partial charge in [-0.05, 0) is 12.1 Å². The lowest BCUT2D eigenvalue weighted by molar-refractivity contribution is -0.109. The van der Waals surface area contributed by atoms with Crippen molar-refractivity contribution in [2.75, 3.05) is 5.75 Å². The van der Waals surface area contributed by atoms with E-state index in [1.165, 1.54) is 24.8 Å². The van der Waals surface area contributed by atoms with Crippen LogP contribution in [0.1, 0.15) is 18.9 Å². The quantitative estimate of drug-likeness (QED) is 0.595. The van der Waals surface area contributed by atoms with Gasteiger partial charge in [0.15, 0.2) is 10.9 Å². The first-order chi connectivity index (χ1) is 7.61. The molecule has 0 saturated heterocycles. The van der Waals surface area contributed by atoms with Crippen LogP contribution in [-0.4, -0.2) is 10.9 Å². The van der Waals surface area contributed by atoms with Gasteiger partial charge in [-0.2, -0.15) is 0 Å². The Bertz CT molecular complexity index is 448.